The van der Waals surface area contributed by atoms with E-state index in [4.69, 9.17) is 37.9 Å². The molecule has 0 aliphatic heterocycles. The minimum absolute atomic E-state index is 0.0464. The SMILES string of the molecule is CCO[C@H]1Cc2ccccc2[C@H]1Nc1nc(C)c(-c2ccc(Cl)cc2Cl)nc1CC. The van der Waals surface area contributed by atoms with Gasteiger partial charge in [-0.1, -0.05) is 54.4 Å². The van der Waals surface area contributed by atoms with E-state index in [1.807, 2.05) is 26.0 Å². The Kier molecular flexibility index (Phi) is 6.28. The van der Waals surface area contributed by atoms with E-state index in [-0.39, 0.29) is 12.1 Å². The number of fused-ring (bicyclic) bond motifs is 1. The van der Waals surface area contributed by atoms with Gasteiger partial charge in [-0.05, 0) is 49.6 Å². The van der Waals surface area contributed by atoms with Crippen LogP contribution >= 0.6 is 23.2 Å². The van der Waals surface area contributed by atoms with Gasteiger partial charge in [-0.3, -0.25) is 0 Å². The normalized spacial score (nSPS) is 17.8. The zero-order chi connectivity index (χ0) is 21.3. The summed E-state index contributed by atoms with van der Waals surface area (Å²) in [5.74, 6) is 0.801. The second-order valence-electron chi connectivity index (χ2n) is 7.45. The molecular formula is C24H25Cl2N3O. The van der Waals surface area contributed by atoms with E-state index >= 15 is 0 Å². The van der Waals surface area contributed by atoms with E-state index in [1.165, 1.54) is 11.1 Å². The van der Waals surface area contributed by atoms with Crippen LogP contribution in [0, 0.1) is 6.92 Å². The topological polar surface area (TPSA) is 47.0 Å². The Bertz CT molecular complexity index is 1070. The van der Waals surface area contributed by atoms with Crippen LogP contribution in [-0.4, -0.2) is 22.7 Å². The molecule has 30 heavy (non-hydrogen) atoms. The van der Waals surface area contributed by atoms with Crippen molar-refractivity contribution < 1.29 is 4.74 Å². The first-order valence-corrected chi connectivity index (χ1v) is 11.1. The highest BCUT2D eigenvalue weighted by Crippen LogP contribution is 2.37. The summed E-state index contributed by atoms with van der Waals surface area (Å²) in [6.45, 7) is 6.75. The Hall–Kier alpha value is -2.14. The number of hydrogen-bond acceptors (Lipinski definition) is 4. The lowest BCUT2D eigenvalue weighted by molar-refractivity contribution is 0.0573. The molecule has 0 spiro atoms. The van der Waals surface area contributed by atoms with Gasteiger partial charge in [0.2, 0.25) is 0 Å². The number of aromatic nitrogens is 2. The third-order valence-corrected chi connectivity index (χ3v) is 6.07. The van der Waals surface area contributed by atoms with Crippen molar-refractivity contribution >= 4 is 29.0 Å². The van der Waals surface area contributed by atoms with Gasteiger partial charge in [-0.25, -0.2) is 9.97 Å². The maximum absolute atomic E-state index is 6.43. The molecule has 1 aliphatic carbocycles. The second-order valence-corrected chi connectivity index (χ2v) is 8.29. The molecule has 0 radical (unpaired) electrons. The fourth-order valence-electron chi connectivity index (χ4n) is 4.10. The lowest BCUT2D eigenvalue weighted by Gasteiger charge is -2.24. The third-order valence-electron chi connectivity index (χ3n) is 5.52. The molecule has 2 aromatic carbocycles. The van der Waals surface area contributed by atoms with Crippen molar-refractivity contribution in [1.29, 1.82) is 0 Å². The number of ether oxygens (including phenoxy) is 1. The highest BCUT2D eigenvalue weighted by Gasteiger charge is 2.33. The van der Waals surface area contributed by atoms with Crippen molar-refractivity contribution in [3.8, 4) is 11.3 Å². The summed E-state index contributed by atoms with van der Waals surface area (Å²) in [6.07, 6.45) is 1.72. The molecule has 0 unspecified atom stereocenters. The molecule has 0 saturated heterocycles. The maximum atomic E-state index is 6.43. The molecule has 1 heterocycles. The zero-order valence-electron chi connectivity index (χ0n) is 17.4. The lowest BCUT2D eigenvalue weighted by Crippen LogP contribution is -2.26. The first-order valence-electron chi connectivity index (χ1n) is 10.3. The number of halogens is 2. The Balaban J connectivity index is 1.72. The molecule has 0 amide bonds. The van der Waals surface area contributed by atoms with Gasteiger partial charge < -0.3 is 10.1 Å². The summed E-state index contributed by atoms with van der Waals surface area (Å²) in [5, 5.41) is 4.82. The summed E-state index contributed by atoms with van der Waals surface area (Å²) in [7, 11) is 0. The van der Waals surface area contributed by atoms with Crippen LogP contribution in [-0.2, 0) is 17.6 Å². The predicted octanol–water partition coefficient (Wildman–Crippen LogP) is 6.44. The van der Waals surface area contributed by atoms with Crippen LogP contribution in [0.2, 0.25) is 10.0 Å². The standard InChI is InChI=1S/C24H25Cl2N3O/c1-4-20-24(27-14(3)22(28-20)18-11-10-16(25)13-19(18)26)29-23-17-9-7-6-8-15(17)12-21(23)30-5-2/h6-11,13,21,23H,4-5,12H2,1-3H3,(H,27,29)/t21-,23+/m0/s1. The average molecular weight is 442 g/mol. The van der Waals surface area contributed by atoms with Gasteiger partial charge in [0.1, 0.15) is 5.82 Å². The van der Waals surface area contributed by atoms with Crippen LogP contribution in [0.3, 0.4) is 0 Å². The minimum atomic E-state index is 0.0464. The fourth-order valence-corrected chi connectivity index (χ4v) is 4.60. The van der Waals surface area contributed by atoms with E-state index in [1.54, 1.807) is 6.07 Å². The van der Waals surface area contributed by atoms with Gasteiger partial charge >= 0.3 is 0 Å². The highest BCUT2D eigenvalue weighted by molar-refractivity contribution is 6.36. The number of hydrogen-bond donors (Lipinski definition) is 1. The number of nitrogens with zero attached hydrogens (tertiary/aromatic N) is 2. The zero-order valence-corrected chi connectivity index (χ0v) is 18.9. The fraction of sp³-hybridized carbons (Fsp3) is 0.333. The van der Waals surface area contributed by atoms with Crippen LogP contribution in [0.1, 0.15) is 42.4 Å². The van der Waals surface area contributed by atoms with E-state index in [0.717, 1.165) is 41.3 Å². The van der Waals surface area contributed by atoms with Crippen LogP contribution in [0.25, 0.3) is 11.3 Å². The Morgan fingerprint density at radius 1 is 1.10 bits per heavy atom. The molecule has 0 saturated carbocycles. The van der Waals surface area contributed by atoms with Gasteiger partial charge in [0.25, 0.3) is 0 Å². The predicted molar refractivity (Wildman–Crippen MR) is 124 cm³/mol. The molecule has 4 rings (SSSR count). The number of anilines is 1. The van der Waals surface area contributed by atoms with Gasteiger partial charge in [-0.15, -0.1) is 0 Å². The van der Waals surface area contributed by atoms with E-state index in [0.29, 0.717) is 16.7 Å². The number of aryl methyl sites for hydroxylation is 2. The van der Waals surface area contributed by atoms with Crippen LogP contribution in [0.15, 0.2) is 42.5 Å². The third kappa shape index (κ3) is 4.04. The summed E-state index contributed by atoms with van der Waals surface area (Å²) in [5.41, 5.74) is 5.93. The molecule has 1 aliphatic rings. The molecule has 0 fully saturated rings. The number of nitrogens with one attached hydrogen (secondary N) is 1. The second kappa shape index (κ2) is 8.93. The first kappa shape index (κ1) is 21.1. The molecule has 2 atom stereocenters. The van der Waals surface area contributed by atoms with Gasteiger partial charge in [0, 0.05) is 23.6 Å². The Morgan fingerprint density at radius 2 is 1.90 bits per heavy atom. The summed E-state index contributed by atoms with van der Waals surface area (Å²) in [4.78, 5) is 9.82. The Morgan fingerprint density at radius 3 is 2.63 bits per heavy atom. The molecule has 6 heteroatoms. The van der Waals surface area contributed by atoms with Crippen LogP contribution in [0.5, 0.6) is 0 Å². The molecule has 1 aromatic heterocycles. The van der Waals surface area contributed by atoms with E-state index in [2.05, 4.69) is 36.5 Å². The summed E-state index contributed by atoms with van der Waals surface area (Å²) in [6, 6.07) is 14.0. The smallest absolute Gasteiger partial charge is 0.148 e. The molecule has 4 nitrogen and oxygen atoms in total. The lowest BCUT2D eigenvalue weighted by atomic mass is 10.1. The highest BCUT2D eigenvalue weighted by atomic mass is 35.5. The molecule has 3 aromatic rings. The monoisotopic (exact) mass is 441 g/mol. The van der Waals surface area contributed by atoms with Crippen molar-refractivity contribution in [1.82, 2.24) is 9.97 Å². The van der Waals surface area contributed by atoms with Crippen molar-refractivity contribution in [3.63, 3.8) is 0 Å². The minimum Gasteiger partial charge on any atom is -0.376 e. The van der Waals surface area contributed by atoms with Crippen molar-refractivity contribution in [2.45, 2.75) is 45.8 Å². The average Bonchev–Trinajstić information content (AvgIpc) is 3.06. The molecule has 1 N–H and O–H groups in total. The van der Waals surface area contributed by atoms with Crippen molar-refractivity contribution in [2.75, 3.05) is 11.9 Å². The van der Waals surface area contributed by atoms with Crippen LogP contribution in [0.4, 0.5) is 5.82 Å². The number of benzene rings is 2. The maximum Gasteiger partial charge on any atom is 0.148 e. The summed E-state index contributed by atoms with van der Waals surface area (Å²) >= 11 is 12.5. The van der Waals surface area contributed by atoms with Gasteiger partial charge in [0.15, 0.2) is 0 Å². The largest absolute Gasteiger partial charge is 0.376 e. The van der Waals surface area contributed by atoms with Crippen molar-refractivity contribution in [2.24, 2.45) is 0 Å². The Labute approximate surface area is 187 Å². The van der Waals surface area contributed by atoms with Gasteiger partial charge in [-0.2, -0.15) is 0 Å². The molecule has 0 bridgehead atoms. The van der Waals surface area contributed by atoms with Crippen molar-refractivity contribution in [3.05, 3.63) is 75.0 Å². The summed E-state index contributed by atoms with van der Waals surface area (Å²) < 4.78 is 6.05. The quantitative estimate of drug-likeness (QED) is 0.478. The van der Waals surface area contributed by atoms with Gasteiger partial charge in [0.05, 0.1) is 34.3 Å². The molecule has 156 valence electrons. The molecular weight excluding hydrogens is 417 g/mol. The van der Waals surface area contributed by atoms with E-state index in [9.17, 15) is 0 Å². The number of rotatable bonds is 6. The van der Waals surface area contributed by atoms with Crippen LogP contribution < -0.4 is 5.32 Å². The van der Waals surface area contributed by atoms with E-state index < -0.39 is 0 Å². The first-order chi connectivity index (χ1) is 14.5.